The van der Waals surface area contributed by atoms with Gasteiger partial charge in [0.2, 0.25) is 0 Å². The van der Waals surface area contributed by atoms with E-state index in [1.807, 2.05) is 19.9 Å². The molecule has 0 aliphatic heterocycles. The predicted octanol–water partition coefficient (Wildman–Crippen LogP) is 5.51. The molecule has 0 amide bonds. The van der Waals surface area contributed by atoms with E-state index in [1.165, 1.54) is 5.56 Å². The molecule has 0 saturated carbocycles. The van der Waals surface area contributed by atoms with Crippen LogP contribution in [0.4, 0.5) is 0 Å². The first-order valence-electron chi connectivity index (χ1n) is 7.34. The summed E-state index contributed by atoms with van der Waals surface area (Å²) in [5, 5.41) is 0.839. The molecule has 0 aromatic heterocycles. The van der Waals surface area contributed by atoms with Crippen molar-refractivity contribution in [1.29, 1.82) is 0 Å². The van der Waals surface area contributed by atoms with Gasteiger partial charge in [0.1, 0.15) is 5.75 Å². The van der Waals surface area contributed by atoms with Gasteiger partial charge < -0.3 is 4.74 Å². The SMILES string of the molecule is CCC#CC(C)C(C)c1c(OCC)cc(C)c(Cl)c1C. The Bertz CT molecular complexity index is 522. The number of hydrogen-bond donors (Lipinski definition) is 0. The first kappa shape index (κ1) is 16.9. The zero-order chi connectivity index (χ0) is 15.3. The van der Waals surface area contributed by atoms with E-state index in [1.54, 1.807) is 0 Å². The molecule has 0 N–H and O–H groups in total. The van der Waals surface area contributed by atoms with Crippen LogP contribution >= 0.6 is 11.6 Å². The molecule has 20 heavy (non-hydrogen) atoms. The van der Waals surface area contributed by atoms with Crippen LogP contribution in [0.1, 0.15) is 56.7 Å². The van der Waals surface area contributed by atoms with Crippen LogP contribution in [-0.2, 0) is 0 Å². The predicted molar refractivity (Wildman–Crippen MR) is 87.7 cm³/mol. The Kier molecular flexibility index (Phi) is 6.43. The monoisotopic (exact) mass is 292 g/mol. The molecular weight excluding hydrogens is 268 g/mol. The minimum absolute atomic E-state index is 0.284. The minimum atomic E-state index is 0.284. The number of hydrogen-bond acceptors (Lipinski definition) is 1. The van der Waals surface area contributed by atoms with E-state index >= 15 is 0 Å². The number of benzene rings is 1. The van der Waals surface area contributed by atoms with Crippen molar-refractivity contribution in [2.24, 2.45) is 5.92 Å². The second-order valence-corrected chi connectivity index (χ2v) is 5.61. The van der Waals surface area contributed by atoms with Crippen molar-refractivity contribution in [3.63, 3.8) is 0 Å². The molecule has 1 aromatic rings. The van der Waals surface area contributed by atoms with E-state index in [4.69, 9.17) is 16.3 Å². The summed E-state index contributed by atoms with van der Waals surface area (Å²) in [5.74, 6) is 8.02. The highest BCUT2D eigenvalue weighted by atomic mass is 35.5. The van der Waals surface area contributed by atoms with Crippen LogP contribution in [0.5, 0.6) is 5.75 Å². The van der Waals surface area contributed by atoms with Crippen molar-refractivity contribution in [3.8, 4) is 17.6 Å². The standard InChI is InChI=1S/C18H25ClO/c1-7-9-10-12(3)14(5)17-15(6)18(19)13(4)11-16(17)20-8-2/h11-12,14H,7-8H2,1-6H3. The maximum atomic E-state index is 6.42. The Hall–Kier alpha value is -1.13. The van der Waals surface area contributed by atoms with Crippen LogP contribution in [-0.4, -0.2) is 6.61 Å². The molecule has 0 heterocycles. The molecule has 0 bridgehead atoms. The van der Waals surface area contributed by atoms with Gasteiger partial charge in [0.25, 0.3) is 0 Å². The number of halogens is 1. The van der Waals surface area contributed by atoms with Gasteiger partial charge in [-0.2, -0.15) is 0 Å². The Morgan fingerprint density at radius 3 is 2.45 bits per heavy atom. The van der Waals surface area contributed by atoms with Gasteiger partial charge in [0.15, 0.2) is 0 Å². The highest BCUT2D eigenvalue weighted by molar-refractivity contribution is 6.32. The van der Waals surface area contributed by atoms with Crippen molar-refractivity contribution >= 4 is 11.6 Å². The van der Waals surface area contributed by atoms with Crippen molar-refractivity contribution in [3.05, 3.63) is 27.8 Å². The van der Waals surface area contributed by atoms with Crippen LogP contribution < -0.4 is 4.74 Å². The lowest BCUT2D eigenvalue weighted by Gasteiger charge is -2.23. The van der Waals surface area contributed by atoms with Gasteiger partial charge in [-0.3, -0.25) is 0 Å². The van der Waals surface area contributed by atoms with E-state index in [2.05, 4.69) is 39.5 Å². The van der Waals surface area contributed by atoms with Crippen LogP contribution in [0.2, 0.25) is 5.02 Å². The smallest absolute Gasteiger partial charge is 0.123 e. The van der Waals surface area contributed by atoms with Crippen molar-refractivity contribution in [2.45, 2.75) is 53.9 Å². The first-order chi connectivity index (χ1) is 9.43. The Morgan fingerprint density at radius 1 is 1.25 bits per heavy atom. The number of aryl methyl sites for hydroxylation is 1. The summed E-state index contributed by atoms with van der Waals surface area (Å²) in [6.45, 7) is 13.2. The summed E-state index contributed by atoms with van der Waals surface area (Å²) in [5.41, 5.74) is 3.38. The average molecular weight is 293 g/mol. The molecule has 0 saturated heterocycles. The number of ether oxygens (including phenoxy) is 1. The van der Waals surface area contributed by atoms with E-state index in [0.717, 1.165) is 28.3 Å². The van der Waals surface area contributed by atoms with Gasteiger partial charge in [0, 0.05) is 22.9 Å². The molecule has 0 spiro atoms. The second kappa shape index (κ2) is 7.60. The summed E-state index contributed by atoms with van der Waals surface area (Å²) in [6, 6.07) is 2.05. The molecule has 0 aliphatic carbocycles. The molecule has 2 atom stereocenters. The lowest BCUT2D eigenvalue weighted by atomic mass is 9.85. The molecule has 0 aliphatic rings. The zero-order valence-electron chi connectivity index (χ0n) is 13.4. The van der Waals surface area contributed by atoms with E-state index < -0.39 is 0 Å². The third-order valence-corrected chi connectivity index (χ3v) is 4.29. The Morgan fingerprint density at radius 2 is 1.90 bits per heavy atom. The van der Waals surface area contributed by atoms with Crippen LogP contribution in [0.25, 0.3) is 0 Å². The molecule has 1 nitrogen and oxygen atoms in total. The third-order valence-electron chi connectivity index (χ3n) is 3.70. The third kappa shape index (κ3) is 3.70. The summed E-state index contributed by atoms with van der Waals surface area (Å²) in [7, 11) is 0. The normalized spacial score (nSPS) is 13.3. The summed E-state index contributed by atoms with van der Waals surface area (Å²) < 4.78 is 5.82. The van der Waals surface area contributed by atoms with Gasteiger partial charge in [-0.15, -0.1) is 5.92 Å². The van der Waals surface area contributed by atoms with Gasteiger partial charge >= 0.3 is 0 Å². The van der Waals surface area contributed by atoms with Crippen LogP contribution in [0.15, 0.2) is 6.07 Å². The highest BCUT2D eigenvalue weighted by Crippen LogP contribution is 2.39. The lowest BCUT2D eigenvalue weighted by Crippen LogP contribution is -2.10. The van der Waals surface area contributed by atoms with Crippen molar-refractivity contribution in [1.82, 2.24) is 0 Å². The maximum absolute atomic E-state index is 6.42. The van der Waals surface area contributed by atoms with Gasteiger partial charge in [-0.25, -0.2) is 0 Å². The molecule has 2 unspecified atom stereocenters. The Labute approximate surface area is 128 Å². The Balaban J connectivity index is 3.30. The molecule has 1 rings (SSSR count). The second-order valence-electron chi connectivity index (χ2n) is 5.23. The summed E-state index contributed by atoms with van der Waals surface area (Å²) in [4.78, 5) is 0. The molecule has 1 aromatic carbocycles. The van der Waals surface area contributed by atoms with Crippen LogP contribution in [0, 0.1) is 31.6 Å². The van der Waals surface area contributed by atoms with E-state index in [9.17, 15) is 0 Å². The quantitative estimate of drug-likeness (QED) is 0.665. The zero-order valence-corrected chi connectivity index (χ0v) is 14.2. The molecule has 0 fully saturated rings. The highest BCUT2D eigenvalue weighted by Gasteiger charge is 2.22. The first-order valence-corrected chi connectivity index (χ1v) is 7.72. The summed E-state index contributed by atoms with van der Waals surface area (Å²) >= 11 is 6.42. The van der Waals surface area contributed by atoms with Crippen LogP contribution in [0.3, 0.4) is 0 Å². The van der Waals surface area contributed by atoms with E-state index in [0.29, 0.717) is 12.5 Å². The van der Waals surface area contributed by atoms with Gasteiger partial charge in [-0.1, -0.05) is 38.3 Å². The molecule has 2 heteroatoms. The molecule has 110 valence electrons. The largest absolute Gasteiger partial charge is 0.494 e. The van der Waals surface area contributed by atoms with Crippen molar-refractivity contribution in [2.75, 3.05) is 6.61 Å². The summed E-state index contributed by atoms with van der Waals surface area (Å²) in [6.07, 6.45) is 0.892. The number of rotatable bonds is 4. The molecular formula is C18H25ClO. The van der Waals surface area contributed by atoms with Crippen molar-refractivity contribution < 1.29 is 4.74 Å². The fraction of sp³-hybridized carbons (Fsp3) is 0.556. The van der Waals surface area contributed by atoms with E-state index in [-0.39, 0.29) is 5.92 Å². The average Bonchev–Trinajstić information content (AvgIpc) is 2.42. The fourth-order valence-corrected chi connectivity index (χ4v) is 2.57. The topological polar surface area (TPSA) is 9.23 Å². The lowest BCUT2D eigenvalue weighted by molar-refractivity contribution is 0.332. The van der Waals surface area contributed by atoms with Gasteiger partial charge in [0.05, 0.1) is 6.61 Å². The molecule has 0 radical (unpaired) electrons. The van der Waals surface area contributed by atoms with Gasteiger partial charge in [-0.05, 0) is 43.9 Å². The minimum Gasteiger partial charge on any atom is -0.494 e. The maximum Gasteiger partial charge on any atom is 0.123 e. The fourth-order valence-electron chi connectivity index (χ4n) is 2.42.